The van der Waals surface area contributed by atoms with Gasteiger partial charge in [-0.05, 0) is 71.9 Å². The molecular weight excluding hydrogens is 727 g/mol. The minimum absolute atomic E-state index is 0. The molecule has 0 aliphatic rings. The van der Waals surface area contributed by atoms with Gasteiger partial charge < -0.3 is 9.97 Å². The molecule has 3 heterocycles. The smallest absolute Gasteiger partial charge is 0.0352 e. The zero-order valence-corrected chi connectivity index (χ0v) is 28.2. The number of aryl methyl sites for hydroxylation is 4. The maximum atomic E-state index is 4.47. The van der Waals surface area contributed by atoms with E-state index in [0.717, 1.165) is 33.5 Å². The number of benzene rings is 4. The molecule has 0 saturated heterocycles. The molecule has 0 amide bonds. The van der Waals surface area contributed by atoms with E-state index < -0.39 is 0 Å². The average Bonchev–Trinajstić information content (AvgIpc) is 3.07. The summed E-state index contributed by atoms with van der Waals surface area (Å²) in [6, 6.07) is 42.1. The van der Waals surface area contributed by atoms with E-state index in [0.29, 0.717) is 0 Å². The van der Waals surface area contributed by atoms with Crippen molar-refractivity contribution in [3.05, 3.63) is 162 Å². The fourth-order valence-corrected chi connectivity index (χ4v) is 5.16. The normalized spacial score (nSPS) is 10.5. The summed E-state index contributed by atoms with van der Waals surface area (Å²) in [6.45, 7) is 8.35. The predicted octanol–water partition coefficient (Wildman–Crippen LogP) is 10.2. The van der Waals surface area contributed by atoms with Crippen molar-refractivity contribution in [2.45, 2.75) is 27.7 Å². The molecule has 0 saturated carbocycles. The summed E-state index contributed by atoms with van der Waals surface area (Å²) in [4.78, 5) is 13.3. The minimum atomic E-state index is 0. The molecule has 4 heteroatoms. The summed E-state index contributed by atoms with van der Waals surface area (Å²) < 4.78 is 0. The van der Waals surface area contributed by atoms with Crippen LogP contribution in [-0.2, 0) is 20.1 Å². The van der Waals surface area contributed by atoms with Gasteiger partial charge in [0.15, 0.2) is 0 Å². The Kier molecular flexibility index (Phi) is 10.1. The number of hydrogen-bond donors (Lipinski definition) is 0. The number of aromatic nitrogens is 3. The van der Waals surface area contributed by atoms with E-state index in [-0.39, 0.29) is 20.1 Å². The molecule has 0 bridgehead atoms. The summed E-state index contributed by atoms with van der Waals surface area (Å²) in [7, 11) is 0. The van der Waals surface area contributed by atoms with Gasteiger partial charge in [-0.2, -0.15) is 0 Å². The molecule has 0 aliphatic carbocycles. The summed E-state index contributed by atoms with van der Waals surface area (Å²) in [5, 5.41) is 2.34. The average molecular weight is 760 g/mol. The minimum Gasteiger partial charge on any atom is -0.305 e. The molecule has 0 unspecified atom stereocenters. The van der Waals surface area contributed by atoms with Gasteiger partial charge in [0, 0.05) is 50.3 Å². The van der Waals surface area contributed by atoms with Crippen LogP contribution in [0.1, 0.15) is 22.3 Å². The van der Waals surface area contributed by atoms with Gasteiger partial charge in [-0.25, -0.2) is 0 Å². The van der Waals surface area contributed by atoms with E-state index in [1.54, 1.807) is 0 Å². The Bertz CT molecular complexity index is 2030. The maximum Gasteiger partial charge on any atom is 0.0352 e. The Morgan fingerprint density at radius 1 is 0.533 bits per heavy atom. The van der Waals surface area contributed by atoms with Crippen LogP contribution in [0.5, 0.6) is 0 Å². The van der Waals surface area contributed by atoms with E-state index in [1.807, 2.05) is 55.1 Å². The van der Waals surface area contributed by atoms with Gasteiger partial charge >= 0.3 is 0 Å². The van der Waals surface area contributed by atoms with Gasteiger partial charge in [-0.3, -0.25) is 4.98 Å². The number of pyridine rings is 3. The van der Waals surface area contributed by atoms with Crippen LogP contribution < -0.4 is 0 Å². The van der Waals surface area contributed by atoms with Crippen LogP contribution in [0.4, 0.5) is 0 Å². The van der Waals surface area contributed by atoms with E-state index in [9.17, 15) is 0 Å². The van der Waals surface area contributed by atoms with E-state index >= 15 is 0 Å². The quantitative estimate of drug-likeness (QED) is 0.168. The molecule has 1 radical (unpaired) electrons. The molecule has 223 valence electrons. The molecule has 0 aliphatic heterocycles. The van der Waals surface area contributed by atoms with Crippen molar-refractivity contribution in [1.82, 2.24) is 15.0 Å². The summed E-state index contributed by atoms with van der Waals surface area (Å²) in [6.07, 6.45) is 7.55. The number of hydrogen-bond acceptors (Lipinski definition) is 3. The standard InChI is InChI=1S/C27H19N2.C14H14N.Ir/c1-19-8-10-20(11-9-19)23-12-13-24(25-14-16-28-18-26(23)25)21-5-4-6-22(17-21)27-7-2-3-15-29-27;1-10-4-6-13(7-5-10)14-8-11(2)12(3)9-15-14;/h2-5,7-18H,1H3;4-6,8-9H,1-3H3;/q2*-1;. The van der Waals surface area contributed by atoms with Gasteiger partial charge in [0.2, 0.25) is 0 Å². The third-order valence-electron chi connectivity index (χ3n) is 7.85. The van der Waals surface area contributed by atoms with E-state index in [2.05, 4.69) is 128 Å². The molecule has 0 fully saturated rings. The molecule has 4 aromatic carbocycles. The van der Waals surface area contributed by atoms with Crippen molar-refractivity contribution in [2.75, 3.05) is 0 Å². The van der Waals surface area contributed by atoms with Crippen molar-refractivity contribution in [1.29, 1.82) is 0 Å². The van der Waals surface area contributed by atoms with Crippen molar-refractivity contribution in [3.8, 4) is 44.8 Å². The third-order valence-corrected chi connectivity index (χ3v) is 7.85. The second kappa shape index (κ2) is 14.3. The van der Waals surface area contributed by atoms with Gasteiger partial charge in [0.25, 0.3) is 0 Å². The number of fused-ring (bicyclic) bond motifs is 1. The molecule has 0 atom stereocenters. The second-order valence-electron chi connectivity index (χ2n) is 11.1. The zero-order chi connectivity index (χ0) is 30.5. The largest absolute Gasteiger partial charge is 0.305 e. The fraction of sp³-hybridized carbons (Fsp3) is 0.0976. The maximum absolute atomic E-state index is 4.47. The van der Waals surface area contributed by atoms with Crippen LogP contribution in [0, 0.1) is 39.8 Å². The van der Waals surface area contributed by atoms with Gasteiger partial charge in [-0.15, -0.1) is 70.8 Å². The molecule has 0 N–H and O–H groups in total. The van der Waals surface area contributed by atoms with Crippen LogP contribution in [0.3, 0.4) is 0 Å². The third kappa shape index (κ3) is 7.32. The second-order valence-corrected chi connectivity index (χ2v) is 11.1. The van der Waals surface area contributed by atoms with Gasteiger partial charge in [-0.1, -0.05) is 72.6 Å². The summed E-state index contributed by atoms with van der Waals surface area (Å²) >= 11 is 0. The Labute approximate surface area is 279 Å². The fourth-order valence-electron chi connectivity index (χ4n) is 5.16. The number of nitrogens with zero attached hydrogens (tertiary/aromatic N) is 3. The molecule has 45 heavy (non-hydrogen) atoms. The molecular formula is C41H33IrN3-2. The van der Waals surface area contributed by atoms with E-state index in [4.69, 9.17) is 0 Å². The first-order valence-corrected chi connectivity index (χ1v) is 14.8. The van der Waals surface area contributed by atoms with Crippen molar-refractivity contribution >= 4 is 10.8 Å². The van der Waals surface area contributed by atoms with Crippen LogP contribution in [0.25, 0.3) is 55.5 Å². The first-order chi connectivity index (χ1) is 21.5. The Hall–Kier alpha value is -4.76. The molecule has 0 spiro atoms. The Morgan fingerprint density at radius 3 is 2.02 bits per heavy atom. The monoisotopic (exact) mass is 760 g/mol. The molecule has 3 aromatic heterocycles. The van der Waals surface area contributed by atoms with Crippen LogP contribution in [0.15, 0.2) is 128 Å². The van der Waals surface area contributed by atoms with Gasteiger partial charge in [0.1, 0.15) is 0 Å². The first kappa shape index (κ1) is 31.7. The van der Waals surface area contributed by atoms with E-state index in [1.165, 1.54) is 44.3 Å². The summed E-state index contributed by atoms with van der Waals surface area (Å²) in [5.74, 6) is 0. The van der Waals surface area contributed by atoms with Crippen molar-refractivity contribution < 1.29 is 20.1 Å². The van der Waals surface area contributed by atoms with Crippen LogP contribution in [-0.4, -0.2) is 15.0 Å². The predicted molar refractivity (Wildman–Crippen MR) is 182 cm³/mol. The van der Waals surface area contributed by atoms with Crippen LogP contribution >= 0.6 is 0 Å². The van der Waals surface area contributed by atoms with Gasteiger partial charge in [0.05, 0.1) is 0 Å². The number of rotatable bonds is 4. The van der Waals surface area contributed by atoms with Crippen molar-refractivity contribution in [2.24, 2.45) is 0 Å². The SMILES string of the molecule is Cc1c[c-]c(-c2cc(C)c(C)cn2)cc1.Cc1ccc(-c2ccc(-c3cc[c-]c(-c4ccccn4)c3)c3ccncc23)cc1.[Ir]. The topological polar surface area (TPSA) is 38.7 Å². The molecule has 7 rings (SSSR count). The first-order valence-electron chi connectivity index (χ1n) is 14.8. The Morgan fingerprint density at radius 2 is 1.31 bits per heavy atom. The molecule has 7 aromatic rings. The summed E-state index contributed by atoms with van der Waals surface area (Å²) in [5.41, 5.74) is 13.7. The van der Waals surface area contributed by atoms with Crippen molar-refractivity contribution in [3.63, 3.8) is 0 Å². The molecule has 3 nitrogen and oxygen atoms in total. The van der Waals surface area contributed by atoms with Crippen LogP contribution in [0.2, 0.25) is 0 Å². The zero-order valence-electron chi connectivity index (χ0n) is 25.8. The Balaban J connectivity index is 0.000000212.